The lowest BCUT2D eigenvalue weighted by atomic mass is 10.2. The lowest BCUT2D eigenvalue weighted by Gasteiger charge is -2.36. The molecule has 6 nitrogen and oxygen atoms in total. The highest BCUT2D eigenvalue weighted by atomic mass is 35.5. The van der Waals surface area contributed by atoms with Crippen LogP contribution in [0.3, 0.4) is 0 Å². The Morgan fingerprint density at radius 2 is 1.74 bits per heavy atom. The summed E-state index contributed by atoms with van der Waals surface area (Å²) in [5, 5.41) is 4.82. The molecule has 4 rings (SSSR count). The van der Waals surface area contributed by atoms with Crippen molar-refractivity contribution in [1.82, 2.24) is 20.0 Å². The van der Waals surface area contributed by atoms with Crippen LogP contribution in [0.5, 0.6) is 0 Å². The summed E-state index contributed by atoms with van der Waals surface area (Å²) >= 11 is 14.2. The van der Waals surface area contributed by atoms with Crippen LogP contribution in [0.2, 0.25) is 10.0 Å². The number of carbonyl (C=O) groups is 1. The zero-order chi connectivity index (χ0) is 24.8. The van der Waals surface area contributed by atoms with Gasteiger partial charge in [0.15, 0.2) is 0 Å². The van der Waals surface area contributed by atoms with E-state index in [1.54, 1.807) is 11.3 Å². The average Bonchev–Trinajstić information content (AvgIpc) is 3.34. The standard InChI is InChI=1S/C26H37Cl2N5OS/c1-20(2)31-15-17-33(18-16-31)26(34)24-8-7-21(35-24)19-29-9-4-10-30-11-13-32(14-12-30)23-6-3-5-22(27)25(23)28/h3,5-8,20,29H,4,9-19H2,1-2H3. The molecule has 1 aromatic heterocycles. The van der Waals surface area contributed by atoms with E-state index >= 15 is 0 Å². The molecule has 2 aliphatic heterocycles. The molecule has 1 N–H and O–H groups in total. The summed E-state index contributed by atoms with van der Waals surface area (Å²) in [7, 11) is 0. The number of anilines is 1. The number of thiophene rings is 1. The molecular weight excluding hydrogens is 501 g/mol. The number of nitrogens with one attached hydrogen (secondary N) is 1. The van der Waals surface area contributed by atoms with Gasteiger partial charge in [-0.1, -0.05) is 29.3 Å². The number of halogens is 2. The van der Waals surface area contributed by atoms with Crippen LogP contribution in [-0.4, -0.2) is 92.1 Å². The van der Waals surface area contributed by atoms with E-state index in [4.69, 9.17) is 23.2 Å². The van der Waals surface area contributed by atoms with E-state index in [0.29, 0.717) is 16.1 Å². The third-order valence-electron chi connectivity index (χ3n) is 6.98. The van der Waals surface area contributed by atoms with Gasteiger partial charge >= 0.3 is 0 Å². The van der Waals surface area contributed by atoms with Crippen molar-refractivity contribution in [2.24, 2.45) is 0 Å². The summed E-state index contributed by atoms with van der Waals surface area (Å²) in [5.74, 6) is 0.183. The molecule has 2 saturated heterocycles. The number of hydrogen-bond acceptors (Lipinski definition) is 6. The third-order valence-corrected chi connectivity index (χ3v) is 8.86. The molecule has 2 aliphatic rings. The minimum atomic E-state index is 0.183. The molecule has 2 aromatic rings. The first-order chi connectivity index (χ1) is 16.9. The van der Waals surface area contributed by atoms with Gasteiger partial charge in [0.05, 0.1) is 20.6 Å². The van der Waals surface area contributed by atoms with Crippen molar-refractivity contribution in [3.8, 4) is 0 Å². The maximum atomic E-state index is 12.9. The maximum Gasteiger partial charge on any atom is 0.264 e. The first-order valence-electron chi connectivity index (χ1n) is 12.7. The molecule has 0 unspecified atom stereocenters. The summed E-state index contributed by atoms with van der Waals surface area (Å²) in [6.45, 7) is 14.9. The summed E-state index contributed by atoms with van der Waals surface area (Å²) in [6, 6.07) is 10.5. The number of rotatable bonds is 9. The van der Waals surface area contributed by atoms with Gasteiger partial charge in [-0.05, 0) is 57.6 Å². The Bertz CT molecular complexity index is 968. The predicted octanol–water partition coefficient (Wildman–Crippen LogP) is 4.52. The topological polar surface area (TPSA) is 42.1 Å². The van der Waals surface area contributed by atoms with Crippen LogP contribution in [-0.2, 0) is 6.54 Å². The van der Waals surface area contributed by atoms with Gasteiger partial charge in [-0.2, -0.15) is 0 Å². The summed E-state index contributed by atoms with van der Waals surface area (Å²) in [5.41, 5.74) is 1.03. The highest BCUT2D eigenvalue weighted by molar-refractivity contribution is 7.14. The van der Waals surface area contributed by atoms with E-state index < -0.39 is 0 Å². The average molecular weight is 539 g/mol. The second kappa shape index (κ2) is 12.7. The molecule has 0 aliphatic carbocycles. The molecule has 0 atom stereocenters. The molecule has 0 spiro atoms. The van der Waals surface area contributed by atoms with Crippen LogP contribution >= 0.6 is 34.5 Å². The van der Waals surface area contributed by atoms with Crippen molar-refractivity contribution >= 4 is 46.1 Å². The van der Waals surface area contributed by atoms with Gasteiger partial charge in [-0.25, -0.2) is 0 Å². The summed E-state index contributed by atoms with van der Waals surface area (Å²) < 4.78 is 0. The van der Waals surface area contributed by atoms with Crippen molar-refractivity contribution in [2.45, 2.75) is 32.9 Å². The lowest BCUT2D eigenvalue weighted by Crippen LogP contribution is -2.50. The minimum Gasteiger partial charge on any atom is -0.368 e. The second-order valence-electron chi connectivity index (χ2n) is 9.62. The Kier molecular flexibility index (Phi) is 9.73. The fraction of sp³-hybridized carbons (Fsp3) is 0.577. The molecule has 35 heavy (non-hydrogen) atoms. The molecule has 0 radical (unpaired) electrons. The molecule has 1 aromatic carbocycles. The molecule has 192 valence electrons. The summed E-state index contributed by atoms with van der Waals surface area (Å²) in [6.07, 6.45) is 1.11. The van der Waals surface area contributed by atoms with Crippen LogP contribution in [0.1, 0.15) is 34.8 Å². The van der Waals surface area contributed by atoms with Crippen molar-refractivity contribution < 1.29 is 4.79 Å². The van der Waals surface area contributed by atoms with Gasteiger partial charge in [0.25, 0.3) is 5.91 Å². The molecule has 0 bridgehead atoms. The zero-order valence-electron chi connectivity index (χ0n) is 20.8. The van der Waals surface area contributed by atoms with E-state index in [1.165, 1.54) is 4.88 Å². The first kappa shape index (κ1) is 26.7. The smallest absolute Gasteiger partial charge is 0.264 e. The number of carbonyl (C=O) groups excluding carboxylic acids is 1. The Morgan fingerprint density at radius 3 is 2.46 bits per heavy atom. The van der Waals surface area contributed by atoms with Crippen molar-refractivity contribution in [1.29, 1.82) is 0 Å². The Labute approximate surface area is 223 Å². The number of hydrogen-bond donors (Lipinski definition) is 1. The van der Waals surface area contributed by atoms with Crippen LogP contribution in [0.15, 0.2) is 30.3 Å². The summed E-state index contributed by atoms with van der Waals surface area (Å²) in [4.78, 5) is 24.2. The van der Waals surface area contributed by atoms with E-state index in [2.05, 4.69) is 39.9 Å². The van der Waals surface area contributed by atoms with E-state index in [9.17, 15) is 4.79 Å². The molecule has 9 heteroatoms. The van der Waals surface area contributed by atoms with Gasteiger partial charge in [0, 0.05) is 69.8 Å². The molecular formula is C26H37Cl2N5OS. The number of piperazine rings is 2. The number of benzene rings is 1. The zero-order valence-corrected chi connectivity index (χ0v) is 23.1. The van der Waals surface area contributed by atoms with E-state index in [1.807, 2.05) is 29.2 Å². The predicted molar refractivity (Wildman–Crippen MR) is 148 cm³/mol. The van der Waals surface area contributed by atoms with Gasteiger partial charge < -0.3 is 15.1 Å². The molecule has 2 fully saturated rings. The van der Waals surface area contributed by atoms with Crippen molar-refractivity contribution in [3.63, 3.8) is 0 Å². The van der Waals surface area contributed by atoms with Crippen LogP contribution in [0.25, 0.3) is 0 Å². The van der Waals surface area contributed by atoms with E-state index in [0.717, 1.165) is 89.0 Å². The molecule has 0 saturated carbocycles. The molecule has 1 amide bonds. The lowest BCUT2D eigenvalue weighted by molar-refractivity contribution is 0.0600. The highest BCUT2D eigenvalue weighted by Crippen LogP contribution is 2.32. The van der Waals surface area contributed by atoms with Gasteiger partial charge in [-0.15, -0.1) is 11.3 Å². The third kappa shape index (κ3) is 7.12. The molecule has 3 heterocycles. The van der Waals surface area contributed by atoms with Gasteiger partial charge in [0.2, 0.25) is 0 Å². The van der Waals surface area contributed by atoms with Crippen molar-refractivity contribution in [3.05, 3.63) is 50.1 Å². The number of nitrogens with zero attached hydrogens (tertiary/aromatic N) is 4. The first-order valence-corrected chi connectivity index (χ1v) is 14.2. The van der Waals surface area contributed by atoms with Crippen molar-refractivity contribution in [2.75, 3.05) is 70.3 Å². The number of amides is 1. The minimum absolute atomic E-state index is 0.183. The maximum absolute atomic E-state index is 12.9. The quantitative estimate of drug-likeness (QED) is 0.476. The largest absolute Gasteiger partial charge is 0.368 e. The monoisotopic (exact) mass is 537 g/mol. The van der Waals surface area contributed by atoms with Gasteiger partial charge in [-0.3, -0.25) is 14.6 Å². The SMILES string of the molecule is CC(C)N1CCN(C(=O)c2ccc(CNCCCN3CCN(c4cccc(Cl)c4Cl)CC3)s2)CC1. The highest BCUT2D eigenvalue weighted by Gasteiger charge is 2.24. The van der Waals surface area contributed by atoms with Crippen LogP contribution < -0.4 is 10.2 Å². The Balaban J connectivity index is 1.12. The fourth-order valence-corrected chi connectivity index (χ4v) is 6.13. The Morgan fingerprint density at radius 1 is 1.00 bits per heavy atom. The van der Waals surface area contributed by atoms with E-state index in [-0.39, 0.29) is 5.91 Å². The second-order valence-corrected chi connectivity index (χ2v) is 11.6. The normalized spacial score (nSPS) is 18.0. The van der Waals surface area contributed by atoms with Crippen LogP contribution in [0, 0.1) is 0 Å². The Hall–Kier alpha value is -1.35. The van der Waals surface area contributed by atoms with Crippen LogP contribution in [0.4, 0.5) is 5.69 Å². The van der Waals surface area contributed by atoms with Gasteiger partial charge in [0.1, 0.15) is 0 Å². The fourth-order valence-electron chi connectivity index (χ4n) is 4.77.